The molecule has 9 heteroatoms. The monoisotopic (exact) mass is 515 g/mol. The van der Waals surface area contributed by atoms with Crippen LogP contribution >= 0.6 is 0 Å². The fourth-order valence-corrected chi connectivity index (χ4v) is 5.40. The summed E-state index contributed by atoms with van der Waals surface area (Å²) in [7, 11) is 1.55. The largest absolute Gasteiger partial charge is 0.371 e. The second-order valence-electron chi connectivity index (χ2n) is 10.4. The van der Waals surface area contributed by atoms with E-state index in [-0.39, 0.29) is 28.5 Å². The molecule has 2 aromatic carbocycles. The highest BCUT2D eigenvalue weighted by Crippen LogP contribution is 2.34. The Bertz CT molecular complexity index is 1740. The number of hydrogen-bond donors (Lipinski definition) is 1. The second-order valence-corrected chi connectivity index (χ2v) is 10.4. The Morgan fingerprint density at radius 2 is 1.63 bits per heavy atom. The molecule has 4 aromatic rings. The normalized spacial score (nSPS) is 15.7. The number of hydrogen-bond acceptors (Lipinski definition) is 5. The Hall–Kier alpha value is -4.14. The van der Waals surface area contributed by atoms with E-state index in [9.17, 15) is 18.8 Å². The van der Waals surface area contributed by atoms with Crippen LogP contribution in [0.5, 0.6) is 0 Å². The van der Waals surface area contributed by atoms with Gasteiger partial charge in [-0.1, -0.05) is 12.1 Å². The quantitative estimate of drug-likeness (QED) is 0.427. The maximum absolute atomic E-state index is 14.8. The minimum atomic E-state index is -0.496. The molecular formula is C29H30FN5O3. The van der Waals surface area contributed by atoms with Crippen molar-refractivity contribution in [2.45, 2.75) is 45.1 Å². The van der Waals surface area contributed by atoms with Gasteiger partial charge in [-0.25, -0.2) is 13.8 Å². The summed E-state index contributed by atoms with van der Waals surface area (Å²) in [4.78, 5) is 43.2. The third-order valence-electron chi connectivity index (χ3n) is 7.57. The van der Waals surface area contributed by atoms with E-state index < -0.39 is 22.6 Å². The van der Waals surface area contributed by atoms with Crippen LogP contribution in [0.3, 0.4) is 0 Å². The summed E-state index contributed by atoms with van der Waals surface area (Å²) in [6, 6.07) is 13.5. The van der Waals surface area contributed by atoms with Crippen molar-refractivity contribution >= 4 is 28.1 Å². The van der Waals surface area contributed by atoms with Crippen LogP contribution in [0.15, 0.2) is 62.9 Å². The Kier molecular flexibility index (Phi) is 5.93. The average molecular weight is 516 g/mol. The summed E-state index contributed by atoms with van der Waals surface area (Å²) in [5.74, 6) is -0.496. The summed E-state index contributed by atoms with van der Waals surface area (Å²) >= 11 is 0. The SMILES string of the molecule is Cc1ccc(Nc2cc(=O)n(C)c3c2c(=O)n(C2CC2)c(=O)n3-c2cccc(N3CCCCC3)c2)c(F)c1. The van der Waals surface area contributed by atoms with Crippen molar-refractivity contribution < 1.29 is 4.39 Å². The molecule has 1 saturated heterocycles. The summed E-state index contributed by atoms with van der Waals surface area (Å²) < 4.78 is 18.8. The van der Waals surface area contributed by atoms with Crippen molar-refractivity contribution in [3.63, 3.8) is 0 Å². The van der Waals surface area contributed by atoms with Gasteiger partial charge in [0.25, 0.3) is 11.1 Å². The van der Waals surface area contributed by atoms with Gasteiger partial charge in [-0.15, -0.1) is 0 Å². The van der Waals surface area contributed by atoms with Crippen LogP contribution in [0, 0.1) is 12.7 Å². The molecule has 0 radical (unpaired) electrons. The Labute approximate surface area is 218 Å². The topological polar surface area (TPSA) is 81.3 Å². The van der Waals surface area contributed by atoms with Crippen LogP contribution in [0.4, 0.5) is 21.5 Å². The molecule has 0 unspecified atom stereocenters. The molecule has 2 aliphatic rings. The maximum atomic E-state index is 14.8. The van der Waals surface area contributed by atoms with Crippen molar-refractivity contribution in [3.8, 4) is 5.69 Å². The number of rotatable bonds is 5. The molecule has 38 heavy (non-hydrogen) atoms. The van der Waals surface area contributed by atoms with Crippen molar-refractivity contribution in [1.29, 1.82) is 0 Å². The van der Waals surface area contributed by atoms with E-state index >= 15 is 0 Å². The first-order valence-electron chi connectivity index (χ1n) is 13.1. The van der Waals surface area contributed by atoms with Gasteiger partial charge >= 0.3 is 5.69 Å². The third-order valence-corrected chi connectivity index (χ3v) is 7.57. The lowest BCUT2D eigenvalue weighted by atomic mass is 10.1. The number of benzene rings is 2. The van der Waals surface area contributed by atoms with Gasteiger partial charge in [0, 0.05) is 37.9 Å². The molecule has 2 aromatic heterocycles. The van der Waals surface area contributed by atoms with Gasteiger partial charge in [0.15, 0.2) is 0 Å². The lowest BCUT2D eigenvalue weighted by Crippen LogP contribution is -2.41. The van der Waals surface area contributed by atoms with Gasteiger partial charge in [0.1, 0.15) is 16.9 Å². The molecule has 0 spiro atoms. The highest BCUT2D eigenvalue weighted by atomic mass is 19.1. The first kappa shape index (κ1) is 24.2. The van der Waals surface area contributed by atoms with E-state index in [0.29, 0.717) is 5.69 Å². The van der Waals surface area contributed by atoms with Crippen LogP contribution in [0.25, 0.3) is 16.7 Å². The summed E-state index contributed by atoms with van der Waals surface area (Å²) in [5.41, 5.74) is 1.43. The van der Waals surface area contributed by atoms with Crippen LogP contribution in [0.2, 0.25) is 0 Å². The zero-order valence-corrected chi connectivity index (χ0v) is 21.5. The molecule has 0 amide bonds. The molecule has 1 aliphatic carbocycles. The van der Waals surface area contributed by atoms with Crippen molar-refractivity contribution in [2.75, 3.05) is 23.3 Å². The van der Waals surface area contributed by atoms with Gasteiger partial charge in [-0.05, 0) is 74.9 Å². The molecule has 196 valence electrons. The average Bonchev–Trinajstić information content (AvgIpc) is 3.74. The number of anilines is 3. The Balaban J connectivity index is 1.64. The number of aryl methyl sites for hydroxylation is 2. The molecule has 3 heterocycles. The summed E-state index contributed by atoms with van der Waals surface area (Å²) in [5, 5.41) is 3.14. The van der Waals surface area contributed by atoms with Gasteiger partial charge in [0.05, 0.1) is 17.1 Å². The fourth-order valence-electron chi connectivity index (χ4n) is 5.40. The Morgan fingerprint density at radius 1 is 0.895 bits per heavy atom. The highest BCUT2D eigenvalue weighted by Gasteiger charge is 2.31. The number of pyridine rings is 1. The molecule has 1 aliphatic heterocycles. The van der Waals surface area contributed by atoms with Crippen LogP contribution < -0.4 is 27.0 Å². The van der Waals surface area contributed by atoms with E-state index in [1.165, 1.54) is 32.3 Å². The van der Waals surface area contributed by atoms with Gasteiger partial charge in [-0.3, -0.25) is 18.7 Å². The predicted octanol–water partition coefficient (Wildman–Crippen LogP) is 4.37. The van der Waals surface area contributed by atoms with Crippen molar-refractivity contribution in [3.05, 3.63) is 91.1 Å². The van der Waals surface area contributed by atoms with Gasteiger partial charge < -0.3 is 10.2 Å². The highest BCUT2D eigenvalue weighted by molar-refractivity contribution is 5.91. The molecule has 2 fully saturated rings. The van der Waals surface area contributed by atoms with E-state index in [4.69, 9.17) is 0 Å². The van der Waals surface area contributed by atoms with E-state index in [1.807, 2.05) is 24.3 Å². The number of nitrogens with one attached hydrogen (secondary N) is 1. The zero-order chi connectivity index (χ0) is 26.6. The van der Waals surface area contributed by atoms with Gasteiger partial charge in [-0.2, -0.15) is 0 Å². The number of halogens is 1. The van der Waals surface area contributed by atoms with Crippen LogP contribution in [-0.2, 0) is 7.05 Å². The van der Waals surface area contributed by atoms with Crippen LogP contribution in [-0.4, -0.2) is 26.8 Å². The molecule has 0 bridgehead atoms. The number of fused-ring (bicyclic) bond motifs is 1. The smallest absolute Gasteiger partial charge is 0.337 e. The van der Waals surface area contributed by atoms with E-state index in [2.05, 4.69) is 10.2 Å². The number of nitrogens with zero attached hydrogens (tertiary/aromatic N) is 4. The van der Waals surface area contributed by atoms with Gasteiger partial charge in [0.2, 0.25) is 0 Å². The minimum absolute atomic E-state index is 0.146. The molecule has 1 saturated carbocycles. The second kappa shape index (κ2) is 9.31. The summed E-state index contributed by atoms with van der Waals surface area (Å²) in [6.07, 6.45) is 4.88. The minimum Gasteiger partial charge on any atom is -0.371 e. The number of piperidine rings is 1. The molecule has 1 N–H and O–H groups in total. The Morgan fingerprint density at radius 3 is 2.34 bits per heavy atom. The van der Waals surface area contributed by atoms with E-state index in [0.717, 1.165) is 50.0 Å². The molecule has 8 nitrogen and oxygen atoms in total. The first-order valence-corrected chi connectivity index (χ1v) is 13.1. The predicted molar refractivity (Wildman–Crippen MR) is 148 cm³/mol. The molecular weight excluding hydrogens is 485 g/mol. The third kappa shape index (κ3) is 4.12. The maximum Gasteiger partial charge on any atom is 0.337 e. The summed E-state index contributed by atoms with van der Waals surface area (Å²) in [6.45, 7) is 3.66. The first-order chi connectivity index (χ1) is 18.3. The lowest BCUT2D eigenvalue weighted by Gasteiger charge is -2.29. The zero-order valence-electron chi connectivity index (χ0n) is 21.5. The van der Waals surface area contributed by atoms with Crippen molar-refractivity contribution in [2.24, 2.45) is 7.05 Å². The molecule has 0 atom stereocenters. The molecule has 6 rings (SSSR count). The van der Waals surface area contributed by atoms with Crippen molar-refractivity contribution in [1.82, 2.24) is 13.7 Å². The lowest BCUT2D eigenvalue weighted by molar-refractivity contribution is 0.577. The van der Waals surface area contributed by atoms with Crippen LogP contribution in [0.1, 0.15) is 43.7 Å². The standard InChI is InChI=1S/C29H30FN5O3/c1-18-9-12-23(22(30)15-18)31-24-17-25(36)32(2)27-26(24)28(37)35(19-10-11-19)29(38)34(27)21-8-6-7-20(16-21)33-13-4-3-5-14-33/h6-9,12,15-17,19,31H,3-5,10-11,13-14H2,1-2H3. The van der Waals surface area contributed by atoms with E-state index in [1.54, 1.807) is 26.1 Å². The fraction of sp³-hybridized carbons (Fsp3) is 0.345. The number of aromatic nitrogens is 3.